The molecular formula is C15H23NO. The molecule has 0 amide bonds. The molecule has 2 nitrogen and oxygen atoms in total. The lowest BCUT2D eigenvalue weighted by molar-refractivity contribution is 0.104. The number of benzene rings is 1. The summed E-state index contributed by atoms with van der Waals surface area (Å²) in [5, 5.41) is 0. The van der Waals surface area contributed by atoms with E-state index in [-0.39, 0.29) is 0 Å². The van der Waals surface area contributed by atoms with Gasteiger partial charge in [-0.05, 0) is 63.0 Å². The van der Waals surface area contributed by atoms with Crippen LogP contribution in [0.2, 0.25) is 0 Å². The minimum absolute atomic E-state index is 0.362. The largest absolute Gasteiger partial charge is 0.489 e. The number of hydrogen-bond donors (Lipinski definition) is 0. The number of aryl methyl sites for hydroxylation is 2. The lowest BCUT2D eigenvalue weighted by atomic mass is 10.1. The van der Waals surface area contributed by atoms with Crippen molar-refractivity contribution in [2.75, 3.05) is 20.1 Å². The first kappa shape index (κ1) is 12.4. The van der Waals surface area contributed by atoms with Gasteiger partial charge in [0.15, 0.2) is 0 Å². The molecule has 0 bridgehead atoms. The molecule has 0 aliphatic carbocycles. The molecule has 0 spiro atoms. The van der Waals surface area contributed by atoms with E-state index < -0.39 is 0 Å². The maximum atomic E-state index is 6.08. The normalized spacial score (nSPS) is 21.5. The zero-order valence-corrected chi connectivity index (χ0v) is 11.2. The van der Waals surface area contributed by atoms with Gasteiger partial charge in [0.05, 0.1) is 0 Å². The molecule has 0 radical (unpaired) electrons. The molecule has 1 heterocycles. The van der Waals surface area contributed by atoms with Gasteiger partial charge < -0.3 is 9.64 Å². The van der Waals surface area contributed by atoms with E-state index in [0.29, 0.717) is 6.10 Å². The lowest BCUT2D eigenvalue weighted by Crippen LogP contribution is -2.38. The molecule has 1 fully saturated rings. The Morgan fingerprint density at radius 1 is 1.41 bits per heavy atom. The number of rotatable bonds is 3. The van der Waals surface area contributed by atoms with Crippen molar-refractivity contribution in [3.8, 4) is 5.75 Å². The smallest absolute Gasteiger partial charge is 0.120 e. The van der Waals surface area contributed by atoms with E-state index >= 15 is 0 Å². The molecule has 1 aliphatic rings. The van der Waals surface area contributed by atoms with E-state index in [1.165, 1.54) is 30.5 Å². The number of hydrogen-bond acceptors (Lipinski definition) is 2. The van der Waals surface area contributed by atoms with Crippen LogP contribution < -0.4 is 4.74 Å². The Bertz CT molecular complexity index is 375. The minimum atomic E-state index is 0.362. The van der Waals surface area contributed by atoms with E-state index in [0.717, 1.165) is 18.7 Å². The van der Waals surface area contributed by atoms with Crippen molar-refractivity contribution in [2.45, 2.75) is 39.2 Å². The van der Waals surface area contributed by atoms with Crippen LogP contribution in [0.25, 0.3) is 0 Å². The first-order valence-electron chi connectivity index (χ1n) is 6.63. The average Bonchev–Trinajstić information content (AvgIpc) is 2.32. The fourth-order valence-electron chi connectivity index (χ4n) is 2.51. The molecule has 17 heavy (non-hydrogen) atoms. The van der Waals surface area contributed by atoms with E-state index in [2.05, 4.69) is 44.0 Å². The van der Waals surface area contributed by atoms with Crippen molar-refractivity contribution in [3.05, 3.63) is 29.3 Å². The van der Waals surface area contributed by atoms with E-state index in [1.807, 2.05) is 0 Å². The highest BCUT2D eigenvalue weighted by Gasteiger charge is 2.18. The lowest BCUT2D eigenvalue weighted by Gasteiger charge is -2.30. The summed E-state index contributed by atoms with van der Waals surface area (Å²) in [7, 11) is 2.17. The van der Waals surface area contributed by atoms with Crippen LogP contribution in [-0.4, -0.2) is 31.1 Å². The van der Waals surface area contributed by atoms with Gasteiger partial charge in [0.2, 0.25) is 0 Å². The van der Waals surface area contributed by atoms with Crippen LogP contribution in [0.5, 0.6) is 5.75 Å². The Morgan fingerprint density at radius 2 is 2.24 bits per heavy atom. The maximum absolute atomic E-state index is 6.08. The standard InChI is InChI=1S/C15H23NO/c1-4-13-10-14(8-7-12(13)2)17-15-6-5-9-16(3)11-15/h7-8,10,15H,4-6,9,11H2,1-3H3. The second-order valence-electron chi connectivity index (χ2n) is 5.09. The summed E-state index contributed by atoms with van der Waals surface area (Å²) in [6.07, 6.45) is 3.86. The molecular weight excluding hydrogens is 210 g/mol. The first-order valence-corrected chi connectivity index (χ1v) is 6.63. The van der Waals surface area contributed by atoms with Gasteiger partial charge in [0, 0.05) is 6.54 Å². The number of piperidine rings is 1. The molecule has 1 aliphatic heterocycles. The van der Waals surface area contributed by atoms with Crippen molar-refractivity contribution in [3.63, 3.8) is 0 Å². The number of likely N-dealkylation sites (tertiary alicyclic amines) is 1. The van der Waals surface area contributed by atoms with Crippen LogP contribution >= 0.6 is 0 Å². The fraction of sp³-hybridized carbons (Fsp3) is 0.600. The molecule has 2 heteroatoms. The van der Waals surface area contributed by atoms with Gasteiger partial charge in [-0.15, -0.1) is 0 Å². The second-order valence-corrected chi connectivity index (χ2v) is 5.09. The molecule has 2 rings (SSSR count). The van der Waals surface area contributed by atoms with Gasteiger partial charge in [-0.25, -0.2) is 0 Å². The highest BCUT2D eigenvalue weighted by molar-refractivity contribution is 5.35. The van der Waals surface area contributed by atoms with Crippen LogP contribution in [0.3, 0.4) is 0 Å². The van der Waals surface area contributed by atoms with Crippen molar-refractivity contribution in [1.82, 2.24) is 4.90 Å². The van der Waals surface area contributed by atoms with Crippen LogP contribution in [0.4, 0.5) is 0 Å². The quantitative estimate of drug-likeness (QED) is 0.795. The third-order valence-corrected chi connectivity index (χ3v) is 3.59. The van der Waals surface area contributed by atoms with Crippen molar-refractivity contribution < 1.29 is 4.74 Å². The summed E-state index contributed by atoms with van der Waals surface area (Å²) < 4.78 is 6.08. The molecule has 1 unspecified atom stereocenters. The highest BCUT2D eigenvalue weighted by Crippen LogP contribution is 2.21. The summed E-state index contributed by atoms with van der Waals surface area (Å²) in [5.74, 6) is 1.03. The maximum Gasteiger partial charge on any atom is 0.120 e. The number of ether oxygens (including phenoxy) is 1. The van der Waals surface area contributed by atoms with Crippen LogP contribution in [0, 0.1) is 6.92 Å². The molecule has 0 N–H and O–H groups in total. The molecule has 94 valence electrons. The zero-order valence-electron chi connectivity index (χ0n) is 11.2. The summed E-state index contributed by atoms with van der Waals surface area (Å²) in [6, 6.07) is 6.47. The van der Waals surface area contributed by atoms with Crippen LogP contribution in [-0.2, 0) is 6.42 Å². The van der Waals surface area contributed by atoms with Crippen molar-refractivity contribution in [1.29, 1.82) is 0 Å². The minimum Gasteiger partial charge on any atom is -0.489 e. The highest BCUT2D eigenvalue weighted by atomic mass is 16.5. The third-order valence-electron chi connectivity index (χ3n) is 3.59. The topological polar surface area (TPSA) is 12.5 Å². The number of likely N-dealkylation sites (N-methyl/N-ethyl adjacent to an activating group) is 1. The third kappa shape index (κ3) is 3.22. The van der Waals surface area contributed by atoms with Crippen LogP contribution in [0.1, 0.15) is 30.9 Å². The number of nitrogens with zero attached hydrogens (tertiary/aromatic N) is 1. The molecule has 0 aromatic heterocycles. The monoisotopic (exact) mass is 233 g/mol. The van der Waals surface area contributed by atoms with E-state index in [9.17, 15) is 0 Å². The predicted molar refractivity (Wildman–Crippen MR) is 71.7 cm³/mol. The predicted octanol–water partition coefficient (Wildman–Crippen LogP) is 3.03. The SMILES string of the molecule is CCc1cc(OC2CCCN(C)C2)ccc1C. The Kier molecular flexibility index (Phi) is 4.06. The molecule has 0 saturated carbocycles. The van der Waals surface area contributed by atoms with E-state index in [1.54, 1.807) is 0 Å². The van der Waals surface area contributed by atoms with Gasteiger partial charge in [-0.3, -0.25) is 0 Å². The molecule has 1 saturated heterocycles. The van der Waals surface area contributed by atoms with E-state index in [4.69, 9.17) is 4.74 Å². The molecule has 1 aromatic rings. The molecule has 1 aromatic carbocycles. The summed E-state index contributed by atoms with van der Waals surface area (Å²) in [5.41, 5.74) is 2.76. The van der Waals surface area contributed by atoms with Gasteiger partial charge in [0.25, 0.3) is 0 Å². The Balaban J connectivity index is 2.02. The summed E-state index contributed by atoms with van der Waals surface area (Å²) in [6.45, 7) is 6.61. The first-order chi connectivity index (χ1) is 8.19. The van der Waals surface area contributed by atoms with Gasteiger partial charge in [0.1, 0.15) is 11.9 Å². The Morgan fingerprint density at radius 3 is 2.94 bits per heavy atom. The van der Waals surface area contributed by atoms with Crippen molar-refractivity contribution >= 4 is 0 Å². The fourth-order valence-corrected chi connectivity index (χ4v) is 2.51. The Labute approximate surface area is 105 Å². The average molecular weight is 233 g/mol. The summed E-state index contributed by atoms with van der Waals surface area (Å²) in [4.78, 5) is 2.35. The van der Waals surface area contributed by atoms with Gasteiger partial charge in [-0.2, -0.15) is 0 Å². The van der Waals surface area contributed by atoms with Gasteiger partial charge in [-0.1, -0.05) is 13.0 Å². The van der Waals surface area contributed by atoms with Gasteiger partial charge >= 0.3 is 0 Å². The summed E-state index contributed by atoms with van der Waals surface area (Å²) >= 11 is 0. The van der Waals surface area contributed by atoms with Crippen molar-refractivity contribution in [2.24, 2.45) is 0 Å². The zero-order chi connectivity index (χ0) is 12.3. The Hall–Kier alpha value is -1.02. The van der Waals surface area contributed by atoms with Crippen LogP contribution in [0.15, 0.2) is 18.2 Å². The second kappa shape index (κ2) is 5.54. The molecule has 1 atom stereocenters.